The quantitative estimate of drug-likeness (QED) is 0.853. The van der Waals surface area contributed by atoms with Crippen LogP contribution in [0.3, 0.4) is 0 Å². The van der Waals surface area contributed by atoms with E-state index < -0.39 is 0 Å². The number of thiophene rings is 1. The number of likely N-dealkylation sites (tertiary alicyclic amines) is 1. The first-order valence-corrected chi connectivity index (χ1v) is 10.5. The second kappa shape index (κ2) is 7.90. The highest BCUT2D eigenvalue weighted by Crippen LogP contribution is 2.39. The molecule has 1 unspecified atom stereocenters. The Balaban J connectivity index is 1.39. The normalized spacial score (nSPS) is 21.5. The Morgan fingerprint density at radius 1 is 1.07 bits per heavy atom. The Labute approximate surface area is 164 Å². The molecule has 1 aromatic carbocycles. The zero-order valence-corrected chi connectivity index (χ0v) is 16.6. The molecule has 0 radical (unpaired) electrons. The zero-order valence-electron chi connectivity index (χ0n) is 15.8. The summed E-state index contributed by atoms with van der Waals surface area (Å²) in [6.07, 6.45) is 4.76. The second-order valence-corrected chi connectivity index (χ2v) is 8.49. The summed E-state index contributed by atoms with van der Waals surface area (Å²) in [5, 5.41) is 0. The summed E-state index contributed by atoms with van der Waals surface area (Å²) >= 11 is 1.57. The SMILES string of the molecule is COc1ccc(N2CCC(N3CCCC3c3ccc(C(N)=O)s3)CC2)cc1. The molecule has 0 bridgehead atoms. The van der Waals surface area contributed by atoms with Crippen LogP contribution in [0.4, 0.5) is 5.69 Å². The van der Waals surface area contributed by atoms with Crippen molar-refractivity contribution in [3.8, 4) is 5.75 Å². The highest BCUT2D eigenvalue weighted by Gasteiger charge is 2.34. The third-order valence-electron chi connectivity index (χ3n) is 5.86. The minimum absolute atomic E-state index is 0.316. The number of carbonyl (C=O) groups is 1. The summed E-state index contributed by atoms with van der Waals surface area (Å²) in [6, 6.07) is 13.4. The van der Waals surface area contributed by atoms with Crippen molar-refractivity contribution in [2.75, 3.05) is 31.6 Å². The molecule has 0 saturated carbocycles. The smallest absolute Gasteiger partial charge is 0.258 e. The average Bonchev–Trinajstić information content (AvgIpc) is 3.37. The van der Waals surface area contributed by atoms with Crippen LogP contribution in [-0.4, -0.2) is 43.6 Å². The van der Waals surface area contributed by atoms with Crippen LogP contribution >= 0.6 is 11.3 Å². The Bertz CT molecular complexity index is 781. The van der Waals surface area contributed by atoms with Crippen molar-refractivity contribution in [1.82, 2.24) is 4.90 Å². The van der Waals surface area contributed by atoms with Gasteiger partial charge in [0.1, 0.15) is 5.75 Å². The number of carbonyl (C=O) groups excluding carboxylic acids is 1. The monoisotopic (exact) mass is 385 g/mol. The fraction of sp³-hybridized carbons (Fsp3) is 0.476. The number of primary amides is 1. The highest BCUT2D eigenvalue weighted by atomic mass is 32.1. The van der Waals surface area contributed by atoms with E-state index in [0.29, 0.717) is 17.0 Å². The number of piperidine rings is 1. The third-order valence-corrected chi connectivity index (χ3v) is 7.06. The van der Waals surface area contributed by atoms with Crippen LogP contribution in [0.2, 0.25) is 0 Å². The molecule has 2 aliphatic rings. The van der Waals surface area contributed by atoms with Crippen LogP contribution in [0, 0.1) is 0 Å². The maximum Gasteiger partial charge on any atom is 0.258 e. The van der Waals surface area contributed by atoms with Gasteiger partial charge in [-0.1, -0.05) is 0 Å². The van der Waals surface area contributed by atoms with Crippen molar-refractivity contribution in [3.63, 3.8) is 0 Å². The molecule has 5 nitrogen and oxygen atoms in total. The molecule has 0 spiro atoms. The summed E-state index contributed by atoms with van der Waals surface area (Å²) in [5.74, 6) is 0.586. The molecule has 2 fully saturated rings. The number of anilines is 1. The van der Waals surface area contributed by atoms with Gasteiger partial charge in [0, 0.05) is 35.7 Å². The fourth-order valence-electron chi connectivity index (χ4n) is 4.44. The maximum absolute atomic E-state index is 11.4. The van der Waals surface area contributed by atoms with Crippen LogP contribution in [0.5, 0.6) is 5.75 Å². The number of ether oxygens (including phenoxy) is 1. The van der Waals surface area contributed by atoms with Gasteiger partial charge in [-0.2, -0.15) is 0 Å². The number of hydrogen-bond donors (Lipinski definition) is 1. The molecule has 3 heterocycles. The summed E-state index contributed by atoms with van der Waals surface area (Å²) in [7, 11) is 1.70. The molecule has 2 saturated heterocycles. The van der Waals surface area contributed by atoms with Gasteiger partial charge in [0.2, 0.25) is 0 Å². The molecule has 1 amide bonds. The second-order valence-electron chi connectivity index (χ2n) is 7.38. The number of rotatable bonds is 5. The van der Waals surface area contributed by atoms with Crippen molar-refractivity contribution in [2.24, 2.45) is 5.73 Å². The van der Waals surface area contributed by atoms with Gasteiger partial charge in [-0.15, -0.1) is 11.3 Å². The lowest BCUT2D eigenvalue weighted by molar-refractivity contribution is 0.100. The van der Waals surface area contributed by atoms with Crippen LogP contribution in [0.25, 0.3) is 0 Å². The lowest BCUT2D eigenvalue weighted by Crippen LogP contribution is -2.44. The predicted octanol–water partition coefficient (Wildman–Crippen LogP) is 3.66. The van der Waals surface area contributed by atoms with E-state index in [1.165, 1.54) is 36.2 Å². The lowest BCUT2D eigenvalue weighted by Gasteiger charge is -2.40. The van der Waals surface area contributed by atoms with E-state index in [2.05, 4.69) is 28.0 Å². The van der Waals surface area contributed by atoms with Gasteiger partial charge in [0.25, 0.3) is 5.91 Å². The molecule has 2 N–H and O–H groups in total. The first kappa shape index (κ1) is 18.3. The van der Waals surface area contributed by atoms with Crippen LogP contribution < -0.4 is 15.4 Å². The molecule has 4 rings (SSSR count). The Morgan fingerprint density at radius 2 is 1.81 bits per heavy atom. The van der Waals surface area contributed by atoms with Gasteiger partial charge >= 0.3 is 0 Å². The Hall–Kier alpha value is -2.05. The van der Waals surface area contributed by atoms with Gasteiger partial charge in [0.15, 0.2) is 0 Å². The van der Waals surface area contributed by atoms with Crippen molar-refractivity contribution in [3.05, 3.63) is 46.2 Å². The summed E-state index contributed by atoms with van der Waals surface area (Å²) < 4.78 is 5.26. The highest BCUT2D eigenvalue weighted by molar-refractivity contribution is 7.14. The Morgan fingerprint density at radius 3 is 2.44 bits per heavy atom. The summed E-state index contributed by atoms with van der Waals surface area (Å²) in [6.45, 7) is 3.32. The van der Waals surface area contributed by atoms with Crippen LogP contribution in [0.15, 0.2) is 36.4 Å². The minimum Gasteiger partial charge on any atom is -0.497 e. The number of benzene rings is 1. The van der Waals surface area contributed by atoms with Gasteiger partial charge in [-0.25, -0.2) is 0 Å². The van der Waals surface area contributed by atoms with Crippen molar-refractivity contribution < 1.29 is 9.53 Å². The number of nitrogens with two attached hydrogens (primary N) is 1. The predicted molar refractivity (Wildman–Crippen MR) is 110 cm³/mol. The average molecular weight is 386 g/mol. The zero-order chi connectivity index (χ0) is 18.8. The third kappa shape index (κ3) is 3.82. The van der Waals surface area contributed by atoms with E-state index in [-0.39, 0.29) is 5.91 Å². The van der Waals surface area contributed by atoms with Crippen molar-refractivity contribution in [1.29, 1.82) is 0 Å². The number of methoxy groups -OCH3 is 1. The molecule has 1 aromatic heterocycles. The molecule has 144 valence electrons. The van der Waals surface area contributed by atoms with E-state index in [9.17, 15) is 4.79 Å². The topological polar surface area (TPSA) is 58.8 Å². The summed E-state index contributed by atoms with van der Waals surface area (Å²) in [4.78, 5) is 18.5. The Kier molecular flexibility index (Phi) is 5.36. The van der Waals surface area contributed by atoms with E-state index in [1.807, 2.05) is 18.2 Å². The molecule has 0 aliphatic carbocycles. The van der Waals surface area contributed by atoms with E-state index in [1.54, 1.807) is 18.4 Å². The first-order chi connectivity index (χ1) is 13.2. The van der Waals surface area contributed by atoms with Crippen LogP contribution in [0.1, 0.15) is 46.3 Å². The maximum atomic E-state index is 11.4. The van der Waals surface area contributed by atoms with Gasteiger partial charge < -0.3 is 15.4 Å². The van der Waals surface area contributed by atoms with E-state index >= 15 is 0 Å². The van der Waals surface area contributed by atoms with E-state index in [0.717, 1.165) is 25.4 Å². The molecule has 2 aromatic rings. The van der Waals surface area contributed by atoms with Crippen molar-refractivity contribution in [2.45, 2.75) is 37.8 Å². The first-order valence-electron chi connectivity index (χ1n) is 9.70. The van der Waals surface area contributed by atoms with Crippen LogP contribution in [-0.2, 0) is 0 Å². The minimum atomic E-state index is -0.316. The number of hydrogen-bond acceptors (Lipinski definition) is 5. The van der Waals surface area contributed by atoms with E-state index in [4.69, 9.17) is 10.5 Å². The van der Waals surface area contributed by atoms with Gasteiger partial charge in [-0.3, -0.25) is 9.69 Å². The molecule has 2 aliphatic heterocycles. The molecule has 6 heteroatoms. The lowest BCUT2D eigenvalue weighted by atomic mass is 10.0. The standard InChI is InChI=1S/C21H27N3O2S/c1-26-17-6-4-15(5-7-17)23-13-10-16(11-14-23)24-12-2-3-18(24)19-8-9-20(27-19)21(22)25/h4-9,16,18H,2-3,10-14H2,1H3,(H2,22,25). The molecular formula is C21H27N3O2S. The molecule has 27 heavy (non-hydrogen) atoms. The van der Waals surface area contributed by atoms with Gasteiger partial charge in [0.05, 0.1) is 12.0 Å². The number of nitrogens with zero attached hydrogens (tertiary/aromatic N) is 2. The van der Waals surface area contributed by atoms with Crippen molar-refractivity contribution >= 4 is 22.9 Å². The number of amides is 1. The van der Waals surface area contributed by atoms with Gasteiger partial charge in [-0.05, 0) is 68.6 Å². The fourth-order valence-corrected chi connectivity index (χ4v) is 5.46. The summed E-state index contributed by atoms with van der Waals surface area (Å²) in [5.41, 5.74) is 6.71. The molecular weight excluding hydrogens is 358 g/mol. The largest absolute Gasteiger partial charge is 0.497 e. The molecule has 1 atom stereocenters.